The third-order valence-electron chi connectivity index (χ3n) is 1.85. The van der Waals surface area contributed by atoms with Crippen LogP contribution in [0.2, 0.25) is 0 Å². The van der Waals surface area contributed by atoms with Crippen LogP contribution in [0.25, 0.3) is 10.2 Å². The monoisotopic (exact) mass is 242 g/mol. The van der Waals surface area contributed by atoms with Gasteiger partial charge in [0.15, 0.2) is 5.16 Å². The second kappa shape index (κ2) is 3.67. The summed E-state index contributed by atoms with van der Waals surface area (Å²) in [6.45, 7) is 0. The van der Waals surface area contributed by atoms with Gasteiger partial charge in [0.2, 0.25) is 0 Å². The van der Waals surface area contributed by atoms with Crippen LogP contribution in [0.5, 0.6) is 0 Å². The molecule has 0 aromatic carbocycles. The van der Waals surface area contributed by atoms with Gasteiger partial charge in [0, 0.05) is 5.38 Å². The molecular weight excluding hydrogens is 236 g/mol. The number of H-pyrrole nitrogens is 1. The van der Waals surface area contributed by atoms with E-state index < -0.39 is 11.5 Å². The zero-order valence-corrected chi connectivity index (χ0v) is 9.24. The van der Waals surface area contributed by atoms with E-state index in [9.17, 15) is 9.59 Å². The first-order valence-electron chi connectivity index (χ1n) is 3.92. The fourth-order valence-corrected chi connectivity index (χ4v) is 2.53. The first kappa shape index (κ1) is 10.2. The van der Waals surface area contributed by atoms with Gasteiger partial charge in [0.05, 0.1) is 10.9 Å². The zero-order valence-electron chi connectivity index (χ0n) is 7.60. The molecule has 15 heavy (non-hydrogen) atoms. The van der Waals surface area contributed by atoms with Gasteiger partial charge in [-0.2, -0.15) is 0 Å². The molecule has 5 nitrogen and oxygen atoms in total. The van der Waals surface area contributed by atoms with Crippen molar-refractivity contribution in [3.05, 3.63) is 21.3 Å². The average molecular weight is 242 g/mol. The topological polar surface area (TPSA) is 83.0 Å². The Bertz CT molecular complexity index is 587. The Hall–Kier alpha value is -1.34. The number of nitrogens with one attached hydrogen (secondary N) is 1. The van der Waals surface area contributed by atoms with Crippen molar-refractivity contribution in [2.75, 3.05) is 6.26 Å². The molecule has 0 fully saturated rings. The van der Waals surface area contributed by atoms with Crippen LogP contribution in [0.3, 0.4) is 0 Å². The molecule has 0 bridgehead atoms. The van der Waals surface area contributed by atoms with Crippen molar-refractivity contribution < 1.29 is 9.90 Å². The van der Waals surface area contributed by atoms with E-state index in [0.29, 0.717) is 9.99 Å². The maximum absolute atomic E-state index is 11.6. The van der Waals surface area contributed by atoms with Crippen molar-refractivity contribution >= 4 is 39.3 Å². The maximum Gasteiger partial charge on any atom is 0.337 e. The van der Waals surface area contributed by atoms with E-state index in [4.69, 9.17) is 5.11 Å². The van der Waals surface area contributed by atoms with Gasteiger partial charge < -0.3 is 10.1 Å². The molecule has 0 saturated carbocycles. The van der Waals surface area contributed by atoms with Crippen LogP contribution in [-0.4, -0.2) is 27.3 Å². The third kappa shape index (κ3) is 1.64. The average Bonchev–Trinajstić information content (AvgIpc) is 2.61. The van der Waals surface area contributed by atoms with Crippen molar-refractivity contribution in [3.8, 4) is 0 Å². The molecule has 0 saturated heterocycles. The summed E-state index contributed by atoms with van der Waals surface area (Å²) in [5.74, 6) is -1.11. The van der Waals surface area contributed by atoms with Crippen LogP contribution in [0.4, 0.5) is 0 Å². The molecule has 2 aromatic rings. The standard InChI is InChI=1S/C8H6N2O3S2/c1-14-8-9-5(11)4-3(7(12)13)2-15-6(4)10-8/h2H,1H3,(H,12,13)(H,9,10,11). The number of fused-ring (bicyclic) bond motifs is 1. The van der Waals surface area contributed by atoms with Gasteiger partial charge in [0.25, 0.3) is 5.56 Å². The summed E-state index contributed by atoms with van der Waals surface area (Å²) in [7, 11) is 0. The van der Waals surface area contributed by atoms with Crippen molar-refractivity contribution in [2.45, 2.75) is 5.16 Å². The van der Waals surface area contributed by atoms with Crippen molar-refractivity contribution in [1.29, 1.82) is 0 Å². The lowest BCUT2D eigenvalue weighted by molar-refractivity contribution is 0.0699. The number of thiophene rings is 1. The molecule has 0 unspecified atom stereocenters. The molecular formula is C8H6N2O3S2. The Balaban J connectivity index is 2.83. The van der Waals surface area contributed by atoms with Gasteiger partial charge in [-0.25, -0.2) is 9.78 Å². The highest BCUT2D eigenvalue weighted by Gasteiger charge is 2.15. The predicted octanol–water partition coefficient (Wildman–Crippen LogP) is 1.40. The summed E-state index contributed by atoms with van der Waals surface area (Å²) in [5.41, 5.74) is -0.389. The summed E-state index contributed by atoms with van der Waals surface area (Å²) in [4.78, 5) is 29.5. The van der Waals surface area contributed by atoms with Gasteiger partial charge in [-0.05, 0) is 6.26 Å². The number of aromatic nitrogens is 2. The largest absolute Gasteiger partial charge is 0.478 e. The SMILES string of the molecule is CSc1nc2scc(C(=O)O)c2c(=O)[nH]1. The molecule has 2 N–H and O–H groups in total. The van der Waals surface area contributed by atoms with Crippen molar-refractivity contribution in [2.24, 2.45) is 0 Å². The lowest BCUT2D eigenvalue weighted by atomic mass is 10.2. The van der Waals surface area contributed by atoms with Gasteiger partial charge in [-0.3, -0.25) is 4.79 Å². The lowest BCUT2D eigenvalue weighted by Crippen LogP contribution is -2.10. The van der Waals surface area contributed by atoms with Crippen LogP contribution in [0.15, 0.2) is 15.3 Å². The van der Waals surface area contributed by atoms with Gasteiger partial charge in [0.1, 0.15) is 4.83 Å². The number of aromatic carboxylic acids is 1. The number of nitrogens with zero attached hydrogens (tertiary/aromatic N) is 1. The number of aromatic amines is 1. The van der Waals surface area contributed by atoms with Crippen molar-refractivity contribution in [1.82, 2.24) is 9.97 Å². The van der Waals surface area contributed by atoms with Gasteiger partial charge >= 0.3 is 5.97 Å². The first-order chi connectivity index (χ1) is 7.13. The summed E-state index contributed by atoms with van der Waals surface area (Å²) < 4.78 is 0. The number of carbonyl (C=O) groups is 1. The minimum Gasteiger partial charge on any atom is -0.478 e. The van der Waals surface area contributed by atoms with E-state index in [2.05, 4.69) is 9.97 Å². The first-order valence-corrected chi connectivity index (χ1v) is 6.02. The maximum atomic E-state index is 11.6. The van der Waals surface area contributed by atoms with E-state index in [1.54, 1.807) is 6.26 Å². The molecule has 0 radical (unpaired) electrons. The van der Waals surface area contributed by atoms with Crippen LogP contribution < -0.4 is 5.56 Å². The smallest absolute Gasteiger partial charge is 0.337 e. The number of carboxylic acid groups (broad SMARTS) is 1. The molecule has 0 aliphatic carbocycles. The van der Waals surface area contributed by atoms with Crippen LogP contribution >= 0.6 is 23.1 Å². The molecule has 0 amide bonds. The summed E-state index contributed by atoms with van der Waals surface area (Å²) >= 11 is 2.47. The Morgan fingerprint density at radius 3 is 3.00 bits per heavy atom. The molecule has 2 aromatic heterocycles. The van der Waals surface area contributed by atoms with E-state index in [1.165, 1.54) is 17.1 Å². The number of hydrogen-bond donors (Lipinski definition) is 2. The molecule has 7 heteroatoms. The number of rotatable bonds is 2. The summed E-state index contributed by atoms with van der Waals surface area (Å²) in [5, 5.41) is 10.9. The highest BCUT2D eigenvalue weighted by atomic mass is 32.2. The molecule has 0 aliphatic rings. The van der Waals surface area contributed by atoms with Gasteiger partial charge in [-0.1, -0.05) is 11.8 Å². The third-order valence-corrected chi connectivity index (χ3v) is 3.30. The molecule has 0 atom stereocenters. The quantitative estimate of drug-likeness (QED) is 0.614. The van der Waals surface area contributed by atoms with Gasteiger partial charge in [-0.15, -0.1) is 11.3 Å². The second-order valence-corrected chi connectivity index (χ2v) is 4.36. The predicted molar refractivity (Wildman–Crippen MR) is 59.0 cm³/mol. The van der Waals surface area contributed by atoms with Crippen molar-refractivity contribution in [3.63, 3.8) is 0 Å². The number of hydrogen-bond acceptors (Lipinski definition) is 5. The second-order valence-electron chi connectivity index (χ2n) is 2.71. The molecule has 2 rings (SSSR count). The van der Waals surface area contributed by atoms with E-state index in [0.717, 1.165) is 11.3 Å². The van der Waals surface area contributed by atoms with Crippen LogP contribution in [0.1, 0.15) is 10.4 Å². The fourth-order valence-electron chi connectivity index (χ4n) is 1.18. The molecule has 2 heterocycles. The van der Waals surface area contributed by atoms with E-state index in [1.807, 2.05) is 0 Å². The van der Waals surface area contributed by atoms with Crippen LogP contribution in [-0.2, 0) is 0 Å². The van der Waals surface area contributed by atoms with E-state index in [-0.39, 0.29) is 10.9 Å². The Morgan fingerprint density at radius 1 is 1.67 bits per heavy atom. The summed E-state index contributed by atoms with van der Waals surface area (Å²) in [6, 6.07) is 0. The minimum absolute atomic E-state index is 0.0106. The lowest BCUT2D eigenvalue weighted by Gasteiger charge is -1.95. The zero-order chi connectivity index (χ0) is 11.0. The molecule has 78 valence electrons. The van der Waals surface area contributed by atoms with Crippen LogP contribution in [0, 0.1) is 0 Å². The minimum atomic E-state index is -1.11. The highest BCUT2D eigenvalue weighted by molar-refractivity contribution is 7.98. The fraction of sp³-hybridized carbons (Fsp3) is 0.125. The highest BCUT2D eigenvalue weighted by Crippen LogP contribution is 2.22. The Labute approximate surface area is 92.2 Å². The number of thioether (sulfide) groups is 1. The molecule has 0 aliphatic heterocycles. The Kier molecular flexibility index (Phi) is 2.49. The summed E-state index contributed by atoms with van der Waals surface area (Å²) in [6.07, 6.45) is 1.79. The molecule has 0 spiro atoms. The Morgan fingerprint density at radius 2 is 2.40 bits per heavy atom. The number of carboxylic acids is 1. The van der Waals surface area contributed by atoms with E-state index >= 15 is 0 Å². The normalized spacial score (nSPS) is 10.7.